The second-order valence-corrected chi connectivity index (χ2v) is 8.55. The third-order valence-corrected chi connectivity index (χ3v) is 6.30. The number of methoxy groups -OCH3 is 1. The second-order valence-electron chi connectivity index (χ2n) is 8.14. The van der Waals surface area contributed by atoms with E-state index in [9.17, 15) is 9.90 Å². The van der Waals surface area contributed by atoms with Gasteiger partial charge in [0.1, 0.15) is 22.9 Å². The van der Waals surface area contributed by atoms with Gasteiger partial charge in [-0.1, -0.05) is 37.1 Å². The molecule has 174 valence electrons. The van der Waals surface area contributed by atoms with Crippen molar-refractivity contribution in [2.75, 3.05) is 26.9 Å². The first kappa shape index (κ1) is 23.1. The van der Waals surface area contributed by atoms with Gasteiger partial charge in [-0.05, 0) is 48.7 Å². The van der Waals surface area contributed by atoms with Crippen LogP contribution in [0.5, 0.6) is 11.5 Å². The van der Waals surface area contributed by atoms with Gasteiger partial charge in [-0.15, -0.1) is 0 Å². The van der Waals surface area contributed by atoms with Gasteiger partial charge in [0.25, 0.3) is 5.91 Å². The summed E-state index contributed by atoms with van der Waals surface area (Å²) >= 11 is 6.35. The number of aromatic nitrogens is 2. The van der Waals surface area contributed by atoms with E-state index in [1.165, 1.54) is 0 Å². The highest BCUT2D eigenvalue weighted by atomic mass is 35.5. The van der Waals surface area contributed by atoms with Crippen molar-refractivity contribution in [3.05, 3.63) is 63.8 Å². The normalized spacial score (nSPS) is 15.2. The van der Waals surface area contributed by atoms with E-state index in [0.29, 0.717) is 47.3 Å². The molecule has 3 aromatic rings. The van der Waals surface area contributed by atoms with Crippen molar-refractivity contribution in [3.8, 4) is 22.8 Å². The molecule has 1 aromatic heterocycles. The molecule has 0 bridgehead atoms. The van der Waals surface area contributed by atoms with Gasteiger partial charge in [-0.25, -0.2) is 0 Å². The Morgan fingerprint density at radius 3 is 2.67 bits per heavy atom. The molecular formula is C25H28ClN3O4. The Kier molecular flexibility index (Phi) is 6.91. The number of halogens is 1. The Morgan fingerprint density at radius 2 is 1.97 bits per heavy atom. The summed E-state index contributed by atoms with van der Waals surface area (Å²) in [5.41, 5.74) is 3.79. The van der Waals surface area contributed by atoms with Gasteiger partial charge in [-0.2, -0.15) is 5.10 Å². The molecule has 0 radical (unpaired) electrons. The molecule has 0 aliphatic carbocycles. The summed E-state index contributed by atoms with van der Waals surface area (Å²) in [5.74, 6) is 0.690. The van der Waals surface area contributed by atoms with Crippen LogP contribution in [0.4, 0.5) is 0 Å². The SMILES string of the molecule is CCCCOc1ccc(C2c3c(-c4cc(Cl)c(C)cc4O)n[nH]c3C(=O)N2CCOC)cc1. The van der Waals surface area contributed by atoms with Crippen LogP contribution in [-0.2, 0) is 4.74 Å². The van der Waals surface area contributed by atoms with Crippen LogP contribution in [0.2, 0.25) is 5.02 Å². The first-order valence-electron chi connectivity index (χ1n) is 11.1. The van der Waals surface area contributed by atoms with Crippen LogP contribution in [-0.4, -0.2) is 53.0 Å². The van der Waals surface area contributed by atoms with Crippen LogP contribution in [0.3, 0.4) is 0 Å². The predicted molar refractivity (Wildman–Crippen MR) is 127 cm³/mol. The number of fused-ring (bicyclic) bond motifs is 1. The Morgan fingerprint density at radius 1 is 1.21 bits per heavy atom. The lowest BCUT2D eigenvalue weighted by Gasteiger charge is -2.26. The molecule has 4 rings (SSSR count). The highest BCUT2D eigenvalue weighted by Gasteiger charge is 2.42. The molecule has 1 aliphatic heterocycles. The highest BCUT2D eigenvalue weighted by molar-refractivity contribution is 6.31. The van der Waals surface area contributed by atoms with Crippen LogP contribution < -0.4 is 4.74 Å². The van der Waals surface area contributed by atoms with Gasteiger partial charge < -0.3 is 19.5 Å². The molecule has 2 N–H and O–H groups in total. The third kappa shape index (κ3) is 4.43. The van der Waals surface area contributed by atoms with Gasteiger partial charge >= 0.3 is 0 Å². The van der Waals surface area contributed by atoms with E-state index >= 15 is 0 Å². The van der Waals surface area contributed by atoms with Crippen molar-refractivity contribution in [3.63, 3.8) is 0 Å². The number of carbonyl (C=O) groups is 1. The monoisotopic (exact) mass is 469 g/mol. The van der Waals surface area contributed by atoms with Gasteiger partial charge in [0.2, 0.25) is 0 Å². The first-order chi connectivity index (χ1) is 16.0. The molecule has 1 unspecified atom stereocenters. The summed E-state index contributed by atoms with van der Waals surface area (Å²) in [5, 5.41) is 18.4. The van der Waals surface area contributed by atoms with Crippen LogP contribution >= 0.6 is 11.6 Å². The van der Waals surface area contributed by atoms with Crippen molar-refractivity contribution in [2.45, 2.75) is 32.7 Å². The number of ether oxygens (including phenoxy) is 2. The Labute approximate surface area is 198 Å². The number of carbonyl (C=O) groups excluding carboxylic acids is 1. The summed E-state index contributed by atoms with van der Waals surface area (Å²) in [7, 11) is 1.61. The van der Waals surface area contributed by atoms with Crippen molar-refractivity contribution in [1.29, 1.82) is 0 Å². The molecule has 2 aromatic carbocycles. The number of H-pyrrole nitrogens is 1. The van der Waals surface area contributed by atoms with Crippen LogP contribution in [0.15, 0.2) is 36.4 Å². The maximum Gasteiger partial charge on any atom is 0.273 e. The maximum absolute atomic E-state index is 13.3. The smallest absolute Gasteiger partial charge is 0.273 e. The fraction of sp³-hybridized carbons (Fsp3) is 0.360. The second kappa shape index (κ2) is 9.85. The molecule has 1 aliphatic rings. The Hall–Kier alpha value is -3.03. The number of unbranched alkanes of at least 4 members (excludes halogenated alkanes) is 1. The van der Waals surface area contributed by atoms with E-state index in [4.69, 9.17) is 21.1 Å². The summed E-state index contributed by atoms with van der Waals surface area (Å²) in [6.45, 7) is 5.43. The summed E-state index contributed by atoms with van der Waals surface area (Å²) in [6, 6.07) is 10.7. The number of rotatable bonds is 9. The highest BCUT2D eigenvalue weighted by Crippen LogP contribution is 2.45. The zero-order chi connectivity index (χ0) is 23.5. The minimum absolute atomic E-state index is 0.0624. The van der Waals surface area contributed by atoms with Crippen LogP contribution in [0.1, 0.15) is 53.0 Å². The quantitative estimate of drug-likeness (QED) is 0.425. The standard InChI is InChI=1S/C25H28ClN3O4/c1-4-5-11-33-17-8-6-16(7-9-17)24-21-22(18-14-19(26)15(2)13-20(18)30)27-28-23(21)25(31)29(24)10-12-32-3/h6-9,13-14,24,30H,4-5,10-12H2,1-3H3,(H,27,28). The van der Waals surface area contributed by atoms with Gasteiger partial charge in [0, 0.05) is 29.8 Å². The van der Waals surface area contributed by atoms with Crippen LogP contribution in [0, 0.1) is 6.92 Å². The maximum atomic E-state index is 13.3. The molecule has 2 heterocycles. The van der Waals surface area contributed by atoms with Crippen molar-refractivity contribution >= 4 is 17.5 Å². The fourth-order valence-corrected chi connectivity index (χ4v) is 4.27. The van der Waals surface area contributed by atoms with E-state index < -0.39 is 0 Å². The molecule has 1 amide bonds. The zero-order valence-electron chi connectivity index (χ0n) is 19.0. The van der Waals surface area contributed by atoms with E-state index in [1.807, 2.05) is 31.2 Å². The van der Waals surface area contributed by atoms with E-state index in [2.05, 4.69) is 17.1 Å². The molecule has 33 heavy (non-hydrogen) atoms. The number of hydrogen-bond donors (Lipinski definition) is 2. The number of phenolic OH excluding ortho intramolecular Hbond substituents is 1. The molecule has 0 saturated carbocycles. The number of hydrogen-bond acceptors (Lipinski definition) is 5. The van der Waals surface area contributed by atoms with Crippen molar-refractivity contribution in [1.82, 2.24) is 15.1 Å². The largest absolute Gasteiger partial charge is 0.507 e. The Balaban J connectivity index is 1.77. The average molecular weight is 470 g/mol. The Bertz CT molecular complexity index is 1140. The fourth-order valence-electron chi connectivity index (χ4n) is 4.11. The zero-order valence-corrected chi connectivity index (χ0v) is 19.8. The molecule has 0 saturated heterocycles. The summed E-state index contributed by atoms with van der Waals surface area (Å²) in [6.07, 6.45) is 2.06. The number of nitrogens with one attached hydrogen (secondary N) is 1. The lowest BCUT2D eigenvalue weighted by molar-refractivity contribution is 0.0677. The molecule has 0 spiro atoms. The molecule has 8 heteroatoms. The first-order valence-corrected chi connectivity index (χ1v) is 11.4. The topological polar surface area (TPSA) is 87.7 Å². The van der Waals surface area contributed by atoms with E-state index in [-0.39, 0.29) is 17.7 Å². The summed E-state index contributed by atoms with van der Waals surface area (Å²) in [4.78, 5) is 15.0. The number of aromatic hydroxyl groups is 1. The van der Waals surface area contributed by atoms with Crippen molar-refractivity contribution < 1.29 is 19.4 Å². The number of benzene rings is 2. The molecule has 7 nitrogen and oxygen atoms in total. The molecule has 0 fully saturated rings. The predicted octanol–water partition coefficient (Wildman–Crippen LogP) is 5.11. The summed E-state index contributed by atoms with van der Waals surface area (Å²) < 4.78 is 11.0. The number of nitrogens with zero attached hydrogens (tertiary/aromatic N) is 2. The lowest BCUT2D eigenvalue weighted by Crippen LogP contribution is -2.32. The average Bonchev–Trinajstić information content (AvgIpc) is 3.34. The minimum atomic E-state index is -0.388. The van der Waals surface area contributed by atoms with Gasteiger partial charge in [0.15, 0.2) is 0 Å². The van der Waals surface area contributed by atoms with E-state index in [1.54, 1.807) is 24.1 Å². The molecular weight excluding hydrogens is 442 g/mol. The van der Waals surface area contributed by atoms with Crippen LogP contribution in [0.25, 0.3) is 11.3 Å². The number of amides is 1. The van der Waals surface area contributed by atoms with Gasteiger partial charge in [-0.3, -0.25) is 9.89 Å². The minimum Gasteiger partial charge on any atom is -0.507 e. The van der Waals surface area contributed by atoms with Gasteiger partial charge in [0.05, 0.1) is 19.3 Å². The third-order valence-electron chi connectivity index (χ3n) is 5.89. The molecule has 1 atom stereocenters. The number of aryl methyl sites for hydroxylation is 1. The number of aromatic amines is 1. The lowest BCUT2D eigenvalue weighted by atomic mass is 9.95. The van der Waals surface area contributed by atoms with E-state index in [0.717, 1.165) is 29.7 Å². The van der Waals surface area contributed by atoms with Crippen molar-refractivity contribution in [2.24, 2.45) is 0 Å². The number of phenols is 1.